The molecular weight excluding hydrogens is 422 g/mol. The number of fused-ring (bicyclic) bond motifs is 3. The minimum Gasteiger partial charge on any atom is -0.496 e. The SMILES string of the molecule is COc1ccccc1[C@H]1[C@H](C(=O)c2ccc(C)cc2)N2c3ccccc3C=C[C@H]2C1(C#N)C#N. The van der Waals surface area contributed by atoms with E-state index in [9.17, 15) is 15.3 Å². The van der Waals surface area contributed by atoms with Crippen molar-refractivity contribution in [2.75, 3.05) is 12.0 Å². The third kappa shape index (κ3) is 3.02. The highest BCUT2D eigenvalue weighted by Crippen LogP contribution is 2.56. The Bertz CT molecular complexity index is 1360. The van der Waals surface area contributed by atoms with Gasteiger partial charge in [0, 0.05) is 22.7 Å². The van der Waals surface area contributed by atoms with Crippen molar-refractivity contribution >= 4 is 17.5 Å². The average molecular weight is 446 g/mol. The molecule has 2 aliphatic rings. The maximum Gasteiger partial charge on any atom is 0.185 e. The summed E-state index contributed by atoms with van der Waals surface area (Å²) in [5.41, 5.74) is 2.58. The summed E-state index contributed by atoms with van der Waals surface area (Å²) in [6, 6.07) is 25.9. The van der Waals surface area contributed by atoms with E-state index in [4.69, 9.17) is 4.74 Å². The van der Waals surface area contributed by atoms with Crippen molar-refractivity contribution in [2.45, 2.75) is 24.9 Å². The first kappa shape index (κ1) is 21.5. The fourth-order valence-electron chi connectivity index (χ4n) is 5.39. The number of carbonyl (C=O) groups is 1. The number of aryl methyl sites for hydroxylation is 1. The molecule has 3 atom stereocenters. The summed E-state index contributed by atoms with van der Waals surface area (Å²) in [6.45, 7) is 1.97. The number of hydrogen-bond donors (Lipinski definition) is 0. The number of nitriles is 2. The Morgan fingerprint density at radius 3 is 2.35 bits per heavy atom. The van der Waals surface area contributed by atoms with Crippen LogP contribution in [0.4, 0.5) is 5.69 Å². The Labute approximate surface area is 199 Å². The number of para-hydroxylation sites is 2. The van der Waals surface area contributed by atoms with E-state index in [0.29, 0.717) is 16.9 Å². The minimum atomic E-state index is -1.50. The van der Waals surface area contributed by atoms with Gasteiger partial charge in [0.1, 0.15) is 11.8 Å². The van der Waals surface area contributed by atoms with Crippen LogP contribution in [0.15, 0.2) is 78.9 Å². The molecule has 3 aromatic rings. The summed E-state index contributed by atoms with van der Waals surface area (Å²) >= 11 is 0. The second-order valence-electron chi connectivity index (χ2n) is 8.76. The largest absolute Gasteiger partial charge is 0.496 e. The highest BCUT2D eigenvalue weighted by molar-refractivity contribution is 6.04. The van der Waals surface area contributed by atoms with Gasteiger partial charge in [0.2, 0.25) is 0 Å². The molecule has 0 unspecified atom stereocenters. The third-order valence-corrected chi connectivity index (χ3v) is 6.99. The molecule has 5 heteroatoms. The Morgan fingerprint density at radius 2 is 1.65 bits per heavy atom. The summed E-state index contributed by atoms with van der Waals surface area (Å²) in [4.78, 5) is 16.2. The van der Waals surface area contributed by atoms with E-state index in [-0.39, 0.29) is 5.78 Å². The molecule has 5 nitrogen and oxygen atoms in total. The van der Waals surface area contributed by atoms with E-state index < -0.39 is 23.4 Å². The summed E-state index contributed by atoms with van der Waals surface area (Å²) in [5.74, 6) is -0.298. The van der Waals surface area contributed by atoms with Crippen LogP contribution in [0, 0.1) is 35.0 Å². The number of hydrogen-bond acceptors (Lipinski definition) is 5. The zero-order valence-electron chi connectivity index (χ0n) is 19.0. The van der Waals surface area contributed by atoms with Gasteiger partial charge in [-0.3, -0.25) is 4.79 Å². The van der Waals surface area contributed by atoms with Gasteiger partial charge in [0.05, 0.1) is 25.3 Å². The van der Waals surface area contributed by atoms with E-state index in [2.05, 4.69) is 12.1 Å². The Hall–Kier alpha value is -4.35. The number of rotatable bonds is 4. The lowest BCUT2D eigenvalue weighted by Crippen LogP contribution is -2.44. The molecule has 1 fully saturated rings. The van der Waals surface area contributed by atoms with Crippen molar-refractivity contribution in [2.24, 2.45) is 5.41 Å². The van der Waals surface area contributed by atoms with Crippen molar-refractivity contribution in [3.05, 3.63) is 101 Å². The van der Waals surface area contributed by atoms with Crippen LogP contribution in [0.5, 0.6) is 5.75 Å². The molecule has 2 heterocycles. The number of carbonyl (C=O) groups excluding carboxylic acids is 1. The molecule has 0 amide bonds. The molecule has 34 heavy (non-hydrogen) atoms. The lowest BCUT2D eigenvalue weighted by molar-refractivity contribution is 0.0950. The summed E-state index contributed by atoms with van der Waals surface area (Å²) in [6.07, 6.45) is 3.83. The monoisotopic (exact) mass is 445 g/mol. The number of benzene rings is 3. The van der Waals surface area contributed by atoms with Crippen molar-refractivity contribution < 1.29 is 9.53 Å². The minimum absolute atomic E-state index is 0.126. The number of anilines is 1. The summed E-state index contributed by atoms with van der Waals surface area (Å²) in [5, 5.41) is 21.0. The molecule has 0 N–H and O–H groups in total. The summed E-state index contributed by atoms with van der Waals surface area (Å²) < 4.78 is 5.65. The maximum atomic E-state index is 14.2. The molecule has 0 saturated carbocycles. The van der Waals surface area contributed by atoms with Crippen LogP contribution < -0.4 is 9.64 Å². The predicted octanol–water partition coefficient (Wildman–Crippen LogP) is 5.29. The van der Waals surface area contributed by atoms with E-state index in [0.717, 1.165) is 16.8 Å². The third-order valence-electron chi connectivity index (χ3n) is 6.99. The first-order valence-corrected chi connectivity index (χ1v) is 11.2. The van der Waals surface area contributed by atoms with Crippen LogP contribution >= 0.6 is 0 Å². The molecule has 0 spiro atoms. The van der Waals surface area contributed by atoms with Gasteiger partial charge < -0.3 is 9.64 Å². The second kappa shape index (κ2) is 8.21. The average Bonchev–Trinajstić information content (AvgIpc) is 3.19. The number of nitrogens with zero attached hydrogens (tertiary/aromatic N) is 3. The van der Waals surface area contributed by atoms with Crippen LogP contribution in [0.2, 0.25) is 0 Å². The van der Waals surface area contributed by atoms with Crippen LogP contribution in [0.1, 0.15) is 33.0 Å². The molecule has 166 valence electrons. The smallest absolute Gasteiger partial charge is 0.185 e. The Balaban J connectivity index is 1.81. The van der Waals surface area contributed by atoms with Crippen molar-refractivity contribution in [1.29, 1.82) is 10.5 Å². The second-order valence-corrected chi connectivity index (χ2v) is 8.76. The van der Waals surface area contributed by atoms with Gasteiger partial charge in [0.15, 0.2) is 11.2 Å². The fourth-order valence-corrected chi connectivity index (χ4v) is 5.39. The number of ether oxygens (including phenoxy) is 1. The van der Waals surface area contributed by atoms with Gasteiger partial charge in [-0.2, -0.15) is 10.5 Å². The van der Waals surface area contributed by atoms with Crippen LogP contribution in [-0.2, 0) is 0 Å². The molecule has 0 aromatic heterocycles. The normalized spacial score (nSPS) is 21.6. The van der Waals surface area contributed by atoms with Gasteiger partial charge >= 0.3 is 0 Å². The maximum absolute atomic E-state index is 14.2. The lowest BCUT2D eigenvalue weighted by atomic mass is 9.69. The molecule has 0 aliphatic carbocycles. The molecule has 0 bridgehead atoms. The standard InChI is InChI=1S/C29H23N3O2/c1-19-11-13-21(14-12-19)28(33)27-26(22-8-4-6-10-24(22)34-2)29(17-30,18-31)25-16-15-20-7-3-5-9-23(20)32(25)27/h3-16,25-27H,1-2H3/t25-,26-,27+/m0/s1. The zero-order chi connectivity index (χ0) is 23.9. The quantitative estimate of drug-likeness (QED) is 0.510. The fraction of sp³-hybridized carbons (Fsp3) is 0.207. The Kier molecular flexibility index (Phi) is 5.19. The van der Waals surface area contributed by atoms with Gasteiger partial charge in [-0.25, -0.2) is 0 Å². The molecule has 1 saturated heterocycles. The number of Topliss-reactive ketones (excluding diaryl/α,β-unsaturated/α-hetero) is 1. The number of ketones is 1. The van der Waals surface area contributed by atoms with Crippen LogP contribution in [-0.4, -0.2) is 25.0 Å². The van der Waals surface area contributed by atoms with Gasteiger partial charge in [0.25, 0.3) is 0 Å². The first-order valence-electron chi connectivity index (χ1n) is 11.2. The van der Waals surface area contributed by atoms with E-state index in [1.54, 1.807) is 7.11 Å². The summed E-state index contributed by atoms with van der Waals surface area (Å²) in [7, 11) is 1.56. The molecular formula is C29H23N3O2. The number of methoxy groups -OCH3 is 1. The van der Waals surface area contributed by atoms with E-state index in [1.807, 2.05) is 96.8 Å². The van der Waals surface area contributed by atoms with Crippen molar-refractivity contribution in [1.82, 2.24) is 0 Å². The highest BCUT2D eigenvalue weighted by atomic mass is 16.5. The first-order chi connectivity index (χ1) is 16.6. The van der Waals surface area contributed by atoms with Crippen LogP contribution in [0.25, 0.3) is 6.08 Å². The van der Waals surface area contributed by atoms with Crippen LogP contribution in [0.3, 0.4) is 0 Å². The van der Waals surface area contributed by atoms with Gasteiger partial charge in [-0.15, -0.1) is 0 Å². The van der Waals surface area contributed by atoms with Crippen molar-refractivity contribution in [3.63, 3.8) is 0 Å². The molecule has 3 aromatic carbocycles. The molecule has 5 rings (SSSR count). The molecule has 2 aliphatic heterocycles. The predicted molar refractivity (Wildman–Crippen MR) is 130 cm³/mol. The highest BCUT2D eigenvalue weighted by Gasteiger charge is 2.63. The van der Waals surface area contributed by atoms with Gasteiger partial charge in [-0.1, -0.05) is 78.4 Å². The zero-order valence-corrected chi connectivity index (χ0v) is 19.0. The lowest BCUT2D eigenvalue weighted by Gasteiger charge is -2.35. The van der Waals surface area contributed by atoms with Crippen molar-refractivity contribution in [3.8, 4) is 17.9 Å². The van der Waals surface area contributed by atoms with E-state index >= 15 is 0 Å². The van der Waals surface area contributed by atoms with Gasteiger partial charge in [-0.05, 0) is 24.6 Å². The topological polar surface area (TPSA) is 77.1 Å². The Morgan fingerprint density at radius 1 is 0.971 bits per heavy atom. The van der Waals surface area contributed by atoms with E-state index in [1.165, 1.54) is 0 Å². The molecule has 0 radical (unpaired) electrons.